The zero-order chi connectivity index (χ0) is 10.4. The number of carbonyl (C=O) groups excluding carboxylic acids is 1. The first kappa shape index (κ1) is 17.3. The van der Waals surface area contributed by atoms with Gasteiger partial charge in [-0.25, -0.2) is 0 Å². The third-order valence-electron chi connectivity index (χ3n) is 0.397. The minimum atomic E-state index is -0.0920. The highest BCUT2D eigenvalue weighted by Gasteiger charge is 1.78. The first-order valence-corrected chi connectivity index (χ1v) is 4.36. The molecule has 0 aliphatic heterocycles. The van der Waals surface area contributed by atoms with E-state index in [1.54, 1.807) is 7.05 Å². The molecule has 0 aromatic carbocycles. The van der Waals surface area contributed by atoms with E-state index in [0.29, 0.717) is 0 Å². The molecule has 0 bridgehead atoms. The topological polar surface area (TPSA) is 41.5 Å². The molecule has 12 heavy (non-hydrogen) atoms. The molecule has 0 fully saturated rings. The maximum atomic E-state index is 10.0. The van der Waals surface area contributed by atoms with Gasteiger partial charge in [0, 0.05) is 14.0 Å². The molecule has 1 amide bonds. The van der Waals surface area contributed by atoms with Crippen LogP contribution in [-0.2, 0) is 4.79 Å². The summed E-state index contributed by atoms with van der Waals surface area (Å²) in [6.45, 7) is 9.68. The summed E-state index contributed by atoms with van der Waals surface area (Å²) < 4.78 is 0. The largest absolute Gasteiger partial charge is 0.317 e. The maximum absolute atomic E-state index is 10.0. The van der Waals surface area contributed by atoms with Crippen LogP contribution >= 0.6 is 0 Å². The van der Waals surface area contributed by atoms with Crippen LogP contribution in [0.2, 0.25) is 0 Å². The zero-order valence-corrected chi connectivity index (χ0v) is 9.14. The molecule has 0 aromatic rings. The summed E-state index contributed by atoms with van der Waals surface area (Å²) in [7, 11) is 1.59. The average molecular weight is 174 g/mol. The summed E-state index contributed by atoms with van der Waals surface area (Å²) in [5.74, 6) is -0.0920. The molecule has 3 nitrogen and oxygen atoms in total. The van der Waals surface area contributed by atoms with Crippen molar-refractivity contribution in [2.75, 3.05) is 7.05 Å². The summed E-state index contributed by atoms with van der Waals surface area (Å²) in [6.07, 6.45) is 2.60. The van der Waals surface area contributed by atoms with Crippen LogP contribution in [0.15, 0.2) is 4.99 Å². The van der Waals surface area contributed by atoms with Crippen molar-refractivity contribution >= 4 is 12.2 Å². The monoisotopic (exact) mass is 174 g/mol. The number of carbonyl (C=O) groups is 1. The molecule has 0 spiro atoms. The standard InChI is InChI=1S/C4H8N2O.C3H8.C2H6/c1-4(7)6-3-5-2;1-3-2;1-2/h3H,1-2H3,(H,5,6,7);3H2,1-2H3;1-2H3. The van der Waals surface area contributed by atoms with E-state index in [1.807, 2.05) is 13.8 Å². The van der Waals surface area contributed by atoms with Gasteiger partial charge in [0.2, 0.25) is 5.91 Å². The van der Waals surface area contributed by atoms with Gasteiger partial charge in [-0.3, -0.25) is 9.79 Å². The lowest BCUT2D eigenvalue weighted by molar-refractivity contribution is -0.117. The molecule has 0 atom stereocenters. The molecular formula is C9H22N2O. The summed E-state index contributed by atoms with van der Waals surface area (Å²) in [5, 5.41) is 2.36. The predicted molar refractivity (Wildman–Crippen MR) is 55.5 cm³/mol. The van der Waals surface area contributed by atoms with Crippen LogP contribution < -0.4 is 5.32 Å². The van der Waals surface area contributed by atoms with Gasteiger partial charge in [-0.2, -0.15) is 0 Å². The van der Waals surface area contributed by atoms with Crippen LogP contribution in [0.5, 0.6) is 0 Å². The van der Waals surface area contributed by atoms with Crippen LogP contribution in [0.3, 0.4) is 0 Å². The Labute approximate surface area is 76.3 Å². The third kappa shape index (κ3) is 61.4. The summed E-state index contributed by atoms with van der Waals surface area (Å²) in [5.41, 5.74) is 0. The van der Waals surface area contributed by atoms with Crippen molar-refractivity contribution in [3.05, 3.63) is 0 Å². The smallest absolute Gasteiger partial charge is 0.221 e. The van der Waals surface area contributed by atoms with Gasteiger partial charge in [-0.15, -0.1) is 0 Å². The molecule has 0 radical (unpaired) electrons. The van der Waals surface area contributed by atoms with Gasteiger partial charge in [-0.1, -0.05) is 34.1 Å². The fourth-order valence-electron chi connectivity index (χ4n) is 0.155. The van der Waals surface area contributed by atoms with Crippen molar-refractivity contribution in [2.24, 2.45) is 4.99 Å². The number of rotatable bonds is 1. The SMILES string of the molecule is CC.CCC.CN=CNC(C)=O. The fourth-order valence-corrected chi connectivity index (χ4v) is 0.155. The highest BCUT2D eigenvalue weighted by atomic mass is 16.1. The Morgan fingerprint density at radius 2 is 1.75 bits per heavy atom. The Morgan fingerprint density at radius 1 is 1.42 bits per heavy atom. The van der Waals surface area contributed by atoms with E-state index in [4.69, 9.17) is 0 Å². The minimum Gasteiger partial charge on any atom is -0.317 e. The Hall–Kier alpha value is -0.860. The summed E-state index contributed by atoms with van der Waals surface area (Å²) in [4.78, 5) is 13.5. The Morgan fingerprint density at radius 3 is 1.83 bits per heavy atom. The number of hydrogen-bond donors (Lipinski definition) is 1. The summed E-state index contributed by atoms with van der Waals surface area (Å²) in [6, 6.07) is 0. The van der Waals surface area contributed by atoms with Gasteiger partial charge in [0.25, 0.3) is 0 Å². The second-order valence-corrected chi connectivity index (χ2v) is 1.79. The van der Waals surface area contributed by atoms with Gasteiger partial charge >= 0.3 is 0 Å². The van der Waals surface area contributed by atoms with Crippen molar-refractivity contribution in [1.82, 2.24) is 5.32 Å². The quantitative estimate of drug-likeness (QED) is 0.480. The second-order valence-electron chi connectivity index (χ2n) is 1.79. The van der Waals surface area contributed by atoms with E-state index in [2.05, 4.69) is 24.2 Å². The Balaban J connectivity index is -0.000000137. The molecule has 0 aromatic heterocycles. The van der Waals surface area contributed by atoms with Crippen molar-refractivity contribution in [3.8, 4) is 0 Å². The van der Waals surface area contributed by atoms with Crippen LogP contribution in [0.1, 0.15) is 41.0 Å². The average Bonchev–Trinajstić information content (AvgIpc) is 2.06. The molecule has 0 heterocycles. The van der Waals surface area contributed by atoms with E-state index >= 15 is 0 Å². The normalized spacial score (nSPS) is 7.50. The molecule has 0 unspecified atom stereocenters. The van der Waals surface area contributed by atoms with E-state index in [-0.39, 0.29) is 5.91 Å². The minimum absolute atomic E-state index is 0.0920. The first-order valence-electron chi connectivity index (χ1n) is 4.36. The molecule has 74 valence electrons. The molecule has 0 saturated carbocycles. The lowest BCUT2D eigenvalue weighted by Crippen LogP contribution is -2.16. The van der Waals surface area contributed by atoms with E-state index in [0.717, 1.165) is 0 Å². The number of amides is 1. The predicted octanol–water partition coefficient (Wildman–Crippen LogP) is 2.22. The molecule has 0 aliphatic rings. The van der Waals surface area contributed by atoms with E-state index < -0.39 is 0 Å². The lowest BCUT2D eigenvalue weighted by atomic mass is 10.6. The maximum Gasteiger partial charge on any atom is 0.221 e. The number of nitrogens with one attached hydrogen (secondary N) is 1. The van der Waals surface area contributed by atoms with Gasteiger partial charge in [0.15, 0.2) is 0 Å². The number of nitrogens with zero attached hydrogens (tertiary/aromatic N) is 1. The van der Waals surface area contributed by atoms with Crippen molar-refractivity contribution in [3.63, 3.8) is 0 Å². The number of aliphatic imine (C=N–C) groups is 1. The Kier molecular flexibility index (Phi) is 32.4. The van der Waals surface area contributed by atoms with E-state index in [1.165, 1.54) is 19.7 Å². The molecule has 0 saturated heterocycles. The Bertz CT molecular complexity index is 101. The fraction of sp³-hybridized carbons (Fsp3) is 0.778. The van der Waals surface area contributed by atoms with Crippen LogP contribution in [0.25, 0.3) is 0 Å². The van der Waals surface area contributed by atoms with Crippen LogP contribution in [0, 0.1) is 0 Å². The van der Waals surface area contributed by atoms with Crippen molar-refractivity contribution in [2.45, 2.75) is 41.0 Å². The molecule has 0 rings (SSSR count). The van der Waals surface area contributed by atoms with E-state index in [9.17, 15) is 4.79 Å². The highest BCUT2D eigenvalue weighted by Crippen LogP contribution is 1.56. The van der Waals surface area contributed by atoms with Gasteiger partial charge in [0.1, 0.15) is 0 Å². The van der Waals surface area contributed by atoms with Gasteiger partial charge in [0.05, 0.1) is 6.34 Å². The third-order valence-corrected chi connectivity index (χ3v) is 0.397. The zero-order valence-electron chi connectivity index (χ0n) is 9.14. The molecular weight excluding hydrogens is 152 g/mol. The van der Waals surface area contributed by atoms with Crippen LogP contribution in [0.4, 0.5) is 0 Å². The first-order chi connectivity index (χ1) is 5.68. The van der Waals surface area contributed by atoms with Crippen molar-refractivity contribution in [1.29, 1.82) is 0 Å². The second kappa shape index (κ2) is 22.5. The summed E-state index contributed by atoms with van der Waals surface area (Å²) >= 11 is 0. The van der Waals surface area contributed by atoms with Crippen LogP contribution in [-0.4, -0.2) is 19.3 Å². The number of hydrogen-bond acceptors (Lipinski definition) is 2. The highest BCUT2D eigenvalue weighted by molar-refractivity contribution is 5.85. The molecule has 1 N–H and O–H groups in total. The molecule has 0 aliphatic carbocycles. The van der Waals surface area contributed by atoms with Gasteiger partial charge in [-0.05, 0) is 0 Å². The molecule has 3 heteroatoms. The van der Waals surface area contributed by atoms with Crippen molar-refractivity contribution < 1.29 is 4.79 Å². The lowest BCUT2D eigenvalue weighted by Gasteiger charge is -1.84. The van der Waals surface area contributed by atoms with Gasteiger partial charge < -0.3 is 5.32 Å².